The highest BCUT2D eigenvalue weighted by Gasteiger charge is 2.12. The minimum atomic E-state index is 0.198. The number of carbonyl (C=O) groups is 1. The van der Waals surface area contributed by atoms with E-state index in [0.29, 0.717) is 25.4 Å². The van der Waals surface area contributed by atoms with E-state index in [1.165, 1.54) is 5.56 Å². The number of Topliss-reactive ketones (excluding diaryl/α,β-unsaturated/α-hetero) is 1. The lowest BCUT2D eigenvalue weighted by Gasteiger charge is -2.08. The number of hydrogen-bond donors (Lipinski definition) is 1. The smallest absolute Gasteiger partial charge is 0.131 e. The maximum absolute atomic E-state index is 11.2. The molecule has 0 radical (unpaired) electrons. The van der Waals surface area contributed by atoms with Crippen LogP contribution >= 0.6 is 0 Å². The third kappa shape index (κ3) is 3.07. The fraction of sp³-hybridized carbons (Fsp3) is 0.500. The minimum absolute atomic E-state index is 0.198. The monoisotopic (exact) mass is 273 g/mol. The van der Waals surface area contributed by atoms with E-state index < -0.39 is 0 Å². The van der Waals surface area contributed by atoms with Gasteiger partial charge in [-0.25, -0.2) is 4.98 Å². The number of nitrogens with two attached hydrogens (primary N) is 1. The molecular formula is C16H23N3O. The Kier molecular flexibility index (Phi) is 4.55. The molecule has 0 unspecified atom stereocenters. The molecule has 1 aromatic heterocycles. The van der Waals surface area contributed by atoms with Gasteiger partial charge in [0.05, 0.1) is 11.0 Å². The van der Waals surface area contributed by atoms with E-state index in [1.54, 1.807) is 6.92 Å². The molecule has 1 heterocycles. The van der Waals surface area contributed by atoms with E-state index in [1.807, 2.05) is 0 Å². The number of nitrogens with zero attached hydrogens (tertiary/aromatic N) is 2. The molecule has 0 spiro atoms. The van der Waals surface area contributed by atoms with Crippen LogP contribution in [0.15, 0.2) is 18.2 Å². The molecule has 4 nitrogen and oxygen atoms in total. The molecule has 0 aliphatic heterocycles. The van der Waals surface area contributed by atoms with Crippen molar-refractivity contribution in [2.45, 2.75) is 46.1 Å². The molecule has 0 saturated carbocycles. The lowest BCUT2D eigenvalue weighted by molar-refractivity contribution is -0.117. The van der Waals surface area contributed by atoms with E-state index in [4.69, 9.17) is 10.7 Å². The summed E-state index contributed by atoms with van der Waals surface area (Å²) in [7, 11) is 0. The van der Waals surface area contributed by atoms with Crippen LogP contribution in [-0.2, 0) is 17.8 Å². The van der Waals surface area contributed by atoms with Crippen LogP contribution in [0.4, 0.5) is 0 Å². The third-order valence-corrected chi connectivity index (χ3v) is 3.57. The first-order valence-electron chi connectivity index (χ1n) is 7.21. The molecule has 2 rings (SSSR count). The van der Waals surface area contributed by atoms with E-state index >= 15 is 0 Å². The van der Waals surface area contributed by atoms with Crippen molar-refractivity contribution in [1.29, 1.82) is 0 Å². The number of carbonyl (C=O) groups excluding carboxylic acids is 1. The molecule has 0 bridgehead atoms. The van der Waals surface area contributed by atoms with Gasteiger partial charge in [0.2, 0.25) is 0 Å². The van der Waals surface area contributed by atoms with Gasteiger partial charge in [0.1, 0.15) is 11.6 Å². The highest BCUT2D eigenvalue weighted by atomic mass is 16.1. The van der Waals surface area contributed by atoms with Crippen LogP contribution in [0.5, 0.6) is 0 Å². The Labute approximate surface area is 120 Å². The largest absolute Gasteiger partial charge is 0.330 e. The van der Waals surface area contributed by atoms with E-state index in [9.17, 15) is 4.79 Å². The molecule has 20 heavy (non-hydrogen) atoms. The first-order chi connectivity index (χ1) is 9.52. The number of imidazole rings is 1. The number of aryl methyl sites for hydroxylation is 1. The minimum Gasteiger partial charge on any atom is -0.330 e. The zero-order chi connectivity index (χ0) is 14.7. The normalized spacial score (nSPS) is 11.4. The van der Waals surface area contributed by atoms with Crippen LogP contribution < -0.4 is 5.73 Å². The van der Waals surface area contributed by atoms with Crippen LogP contribution in [0.2, 0.25) is 0 Å². The summed E-state index contributed by atoms with van der Waals surface area (Å²) in [6.45, 7) is 7.23. The first-order valence-corrected chi connectivity index (χ1v) is 7.21. The number of benzene rings is 1. The summed E-state index contributed by atoms with van der Waals surface area (Å²) >= 11 is 0. The van der Waals surface area contributed by atoms with Crippen molar-refractivity contribution in [3.63, 3.8) is 0 Å². The summed E-state index contributed by atoms with van der Waals surface area (Å²) < 4.78 is 2.13. The third-order valence-electron chi connectivity index (χ3n) is 3.57. The van der Waals surface area contributed by atoms with Crippen LogP contribution in [0, 0.1) is 0 Å². The lowest BCUT2D eigenvalue weighted by atomic mass is 10.0. The van der Waals surface area contributed by atoms with Crippen LogP contribution in [0.3, 0.4) is 0 Å². The maximum atomic E-state index is 11.2. The predicted octanol–water partition coefficient (Wildman–Crippen LogP) is 2.64. The average molecular weight is 273 g/mol. The molecule has 0 aliphatic rings. The summed E-state index contributed by atoms with van der Waals surface area (Å²) in [4.78, 5) is 15.9. The van der Waals surface area contributed by atoms with Crippen molar-refractivity contribution in [3.05, 3.63) is 29.6 Å². The molecule has 2 N–H and O–H groups in total. The number of fused-ring (bicyclic) bond motifs is 1. The van der Waals surface area contributed by atoms with Gasteiger partial charge in [-0.05, 0) is 37.1 Å². The van der Waals surface area contributed by atoms with E-state index in [0.717, 1.165) is 23.3 Å². The van der Waals surface area contributed by atoms with Gasteiger partial charge < -0.3 is 10.3 Å². The summed E-state index contributed by atoms with van der Waals surface area (Å²) in [5, 5.41) is 0. The van der Waals surface area contributed by atoms with Gasteiger partial charge in [0.15, 0.2) is 0 Å². The Balaban J connectivity index is 2.45. The van der Waals surface area contributed by atoms with Crippen LogP contribution in [0.25, 0.3) is 11.0 Å². The molecule has 0 fully saturated rings. The van der Waals surface area contributed by atoms with Crippen molar-refractivity contribution >= 4 is 16.8 Å². The van der Waals surface area contributed by atoms with Gasteiger partial charge in [-0.2, -0.15) is 0 Å². The SMILES string of the molecule is CC(=O)CCn1c(CCN)nc2cc(C(C)C)ccc21. The van der Waals surface area contributed by atoms with Crippen molar-refractivity contribution in [2.24, 2.45) is 5.73 Å². The van der Waals surface area contributed by atoms with E-state index in [-0.39, 0.29) is 5.78 Å². The van der Waals surface area contributed by atoms with Crippen LogP contribution in [-0.4, -0.2) is 21.9 Å². The molecular weight excluding hydrogens is 250 g/mol. The second-order valence-corrected chi connectivity index (χ2v) is 5.57. The molecule has 4 heteroatoms. The standard InChI is InChI=1S/C16H23N3O/c1-11(2)13-4-5-15-14(10-13)18-16(6-8-17)19(15)9-7-12(3)20/h4-5,10-11H,6-9,17H2,1-3H3. The molecule has 0 saturated heterocycles. The van der Waals surface area contributed by atoms with E-state index in [2.05, 4.69) is 36.6 Å². The topological polar surface area (TPSA) is 60.9 Å². The lowest BCUT2D eigenvalue weighted by Crippen LogP contribution is -2.11. The van der Waals surface area contributed by atoms with Gasteiger partial charge >= 0.3 is 0 Å². The van der Waals surface area contributed by atoms with Gasteiger partial charge in [0.25, 0.3) is 0 Å². The van der Waals surface area contributed by atoms with Crippen molar-refractivity contribution in [1.82, 2.24) is 9.55 Å². The maximum Gasteiger partial charge on any atom is 0.131 e. The summed E-state index contributed by atoms with van der Waals surface area (Å²) in [6.07, 6.45) is 1.28. The Hall–Kier alpha value is -1.68. The number of hydrogen-bond acceptors (Lipinski definition) is 3. The van der Waals surface area contributed by atoms with Crippen molar-refractivity contribution in [2.75, 3.05) is 6.54 Å². The fourth-order valence-electron chi connectivity index (χ4n) is 2.39. The summed E-state index contributed by atoms with van der Waals surface area (Å²) in [6, 6.07) is 6.40. The number of ketones is 1. The molecule has 0 atom stereocenters. The molecule has 1 aromatic carbocycles. The summed E-state index contributed by atoms with van der Waals surface area (Å²) in [5.74, 6) is 1.66. The predicted molar refractivity (Wildman–Crippen MR) is 81.9 cm³/mol. The summed E-state index contributed by atoms with van der Waals surface area (Å²) in [5.41, 5.74) is 9.05. The zero-order valence-corrected chi connectivity index (χ0v) is 12.5. The average Bonchev–Trinajstić information content (AvgIpc) is 2.73. The Morgan fingerprint density at radius 1 is 1.40 bits per heavy atom. The van der Waals surface area contributed by atoms with Gasteiger partial charge in [-0.1, -0.05) is 19.9 Å². The zero-order valence-electron chi connectivity index (χ0n) is 12.5. The van der Waals surface area contributed by atoms with Crippen molar-refractivity contribution < 1.29 is 4.79 Å². The Morgan fingerprint density at radius 2 is 2.15 bits per heavy atom. The quantitative estimate of drug-likeness (QED) is 0.880. The van der Waals surface area contributed by atoms with Gasteiger partial charge in [0, 0.05) is 19.4 Å². The number of rotatable bonds is 6. The molecule has 108 valence electrons. The Morgan fingerprint density at radius 3 is 2.75 bits per heavy atom. The Bertz CT molecular complexity index is 613. The first kappa shape index (κ1) is 14.7. The molecule has 0 amide bonds. The second kappa shape index (κ2) is 6.18. The second-order valence-electron chi connectivity index (χ2n) is 5.57. The fourth-order valence-corrected chi connectivity index (χ4v) is 2.39. The van der Waals surface area contributed by atoms with Gasteiger partial charge in [-0.3, -0.25) is 4.79 Å². The van der Waals surface area contributed by atoms with Gasteiger partial charge in [-0.15, -0.1) is 0 Å². The number of aromatic nitrogens is 2. The van der Waals surface area contributed by atoms with Crippen LogP contribution in [0.1, 0.15) is 44.5 Å². The molecule has 0 aliphatic carbocycles. The van der Waals surface area contributed by atoms with Crippen molar-refractivity contribution in [3.8, 4) is 0 Å². The highest BCUT2D eigenvalue weighted by molar-refractivity contribution is 5.78. The molecule has 2 aromatic rings. The highest BCUT2D eigenvalue weighted by Crippen LogP contribution is 2.23.